The molecular weight excluding hydrogens is 362 g/mol. The lowest BCUT2D eigenvalue weighted by Gasteiger charge is -2.21. The Morgan fingerprint density at radius 3 is 2.67 bits per heavy atom. The zero-order chi connectivity index (χ0) is 19.6. The predicted octanol–water partition coefficient (Wildman–Crippen LogP) is 4.77. The third-order valence-corrected chi connectivity index (χ3v) is 4.05. The fourth-order valence-electron chi connectivity index (χ4n) is 2.82. The molecule has 0 aliphatic carbocycles. The van der Waals surface area contributed by atoms with Gasteiger partial charge < -0.3 is 9.88 Å². The van der Waals surface area contributed by atoms with Crippen molar-refractivity contribution in [3.63, 3.8) is 0 Å². The molecule has 0 saturated carbocycles. The molecule has 0 saturated heterocycles. The molecule has 0 aliphatic heterocycles. The van der Waals surface area contributed by atoms with Crippen LogP contribution < -0.4 is 0 Å². The van der Waals surface area contributed by atoms with Crippen LogP contribution in [-0.2, 0) is 12.7 Å². The second-order valence-electron chi connectivity index (χ2n) is 6.15. The first-order valence-corrected chi connectivity index (χ1v) is 8.38. The Kier molecular flexibility index (Phi) is 5.16. The van der Waals surface area contributed by atoms with Gasteiger partial charge in [0.1, 0.15) is 11.6 Å². The minimum atomic E-state index is -4.52. The van der Waals surface area contributed by atoms with E-state index in [1.54, 1.807) is 0 Å². The van der Waals surface area contributed by atoms with Crippen molar-refractivity contribution in [3.8, 4) is 0 Å². The van der Waals surface area contributed by atoms with E-state index in [4.69, 9.17) is 0 Å². The van der Waals surface area contributed by atoms with Gasteiger partial charge in [0.05, 0.1) is 23.1 Å². The standard InChI is InChI=1S/C19H17F4N3O/c1-2-8-26(11-17-24-15-7-6-14(20)10-16(15)25-17)18(27)12-4-3-5-13(9-12)19(21,22)23/h3-7,9-10H,2,8,11H2,1H3,(H,24,25). The Hall–Kier alpha value is -2.90. The quantitative estimate of drug-likeness (QED) is 0.649. The van der Waals surface area contributed by atoms with Crippen LogP contribution in [0.15, 0.2) is 42.5 Å². The predicted molar refractivity (Wildman–Crippen MR) is 92.5 cm³/mol. The Morgan fingerprint density at radius 1 is 1.19 bits per heavy atom. The van der Waals surface area contributed by atoms with E-state index in [1.165, 1.54) is 35.2 Å². The molecule has 27 heavy (non-hydrogen) atoms. The van der Waals surface area contributed by atoms with Gasteiger partial charge in [0, 0.05) is 12.1 Å². The highest BCUT2D eigenvalue weighted by Gasteiger charge is 2.31. The average molecular weight is 379 g/mol. The van der Waals surface area contributed by atoms with Crippen LogP contribution in [0.3, 0.4) is 0 Å². The number of aromatic nitrogens is 2. The van der Waals surface area contributed by atoms with E-state index >= 15 is 0 Å². The van der Waals surface area contributed by atoms with Crippen LogP contribution >= 0.6 is 0 Å². The van der Waals surface area contributed by atoms with Crippen LogP contribution in [0, 0.1) is 5.82 Å². The molecule has 1 amide bonds. The molecule has 1 aromatic heterocycles. The zero-order valence-electron chi connectivity index (χ0n) is 14.5. The topological polar surface area (TPSA) is 49.0 Å². The Labute approximate surface area is 152 Å². The molecule has 0 aliphatic rings. The van der Waals surface area contributed by atoms with Crippen LogP contribution in [0.4, 0.5) is 17.6 Å². The van der Waals surface area contributed by atoms with Gasteiger partial charge in [-0.2, -0.15) is 13.2 Å². The van der Waals surface area contributed by atoms with E-state index < -0.39 is 23.5 Å². The number of carbonyl (C=O) groups excluding carboxylic acids is 1. The summed E-state index contributed by atoms with van der Waals surface area (Å²) in [5, 5.41) is 0. The molecule has 0 radical (unpaired) electrons. The van der Waals surface area contributed by atoms with Crippen LogP contribution in [0.5, 0.6) is 0 Å². The summed E-state index contributed by atoms with van der Waals surface area (Å²) in [5.41, 5.74) is 0.131. The molecule has 0 fully saturated rings. The van der Waals surface area contributed by atoms with Crippen molar-refractivity contribution < 1.29 is 22.4 Å². The Balaban J connectivity index is 1.87. The number of alkyl halides is 3. The molecule has 3 rings (SSSR count). The van der Waals surface area contributed by atoms with Crippen molar-refractivity contribution in [2.45, 2.75) is 26.1 Å². The van der Waals surface area contributed by atoms with Gasteiger partial charge in [-0.15, -0.1) is 0 Å². The third-order valence-electron chi connectivity index (χ3n) is 4.05. The number of nitrogens with one attached hydrogen (secondary N) is 1. The minimum Gasteiger partial charge on any atom is -0.340 e. The largest absolute Gasteiger partial charge is 0.416 e. The summed E-state index contributed by atoms with van der Waals surface area (Å²) in [4.78, 5) is 21.4. The van der Waals surface area contributed by atoms with E-state index in [-0.39, 0.29) is 12.1 Å². The van der Waals surface area contributed by atoms with Crippen LogP contribution in [0.2, 0.25) is 0 Å². The molecule has 0 atom stereocenters. The normalized spacial score (nSPS) is 11.7. The summed E-state index contributed by atoms with van der Waals surface area (Å²) in [5.74, 6) is -0.498. The number of rotatable bonds is 5. The van der Waals surface area contributed by atoms with Gasteiger partial charge in [0.25, 0.3) is 5.91 Å². The highest BCUT2D eigenvalue weighted by Crippen LogP contribution is 2.30. The number of H-pyrrole nitrogens is 1. The van der Waals surface area contributed by atoms with Crippen LogP contribution in [0.25, 0.3) is 11.0 Å². The lowest BCUT2D eigenvalue weighted by molar-refractivity contribution is -0.137. The molecule has 3 aromatic rings. The summed E-state index contributed by atoms with van der Waals surface area (Å²) < 4.78 is 52.0. The van der Waals surface area contributed by atoms with E-state index in [1.807, 2.05) is 6.92 Å². The van der Waals surface area contributed by atoms with Crippen molar-refractivity contribution in [1.82, 2.24) is 14.9 Å². The first kappa shape index (κ1) is 18.9. The Bertz CT molecular complexity index is 965. The summed E-state index contributed by atoms with van der Waals surface area (Å²) in [6, 6.07) is 8.44. The fourth-order valence-corrected chi connectivity index (χ4v) is 2.82. The van der Waals surface area contributed by atoms with Crippen molar-refractivity contribution in [2.75, 3.05) is 6.54 Å². The molecule has 2 aromatic carbocycles. The van der Waals surface area contributed by atoms with Gasteiger partial charge in [-0.05, 0) is 42.8 Å². The maximum absolute atomic E-state index is 13.3. The Morgan fingerprint density at radius 2 is 1.96 bits per heavy atom. The maximum Gasteiger partial charge on any atom is 0.416 e. The summed E-state index contributed by atoms with van der Waals surface area (Å²) in [7, 11) is 0. The van der Waals surface area contributed by atoms with Gasteiger partial charge in [-0.25, -0.2) is 9.37 Å². The lowest BCUT2D eigenvalue weighted by atomic mass is 10.1. The molecule has 1 N–H and O–H groups in total. The smallest absolute Gasteiger partial charge is 0.340 e. The number of fused-ring (bicyclic) bond motifs is 1. The van der Waals surface area contributed by atoms with E-state index in [0.717, 1.165) is 12.1 Å². The molecule has 0 spiro atoms. The SMILES string of the molecule is CCCN(Cc1nc2ccc(F)cc2[nH]1)C(=O)c1cccc(C(F)(F)F)c1. The van der Waals surface area contributed by atoms with Gasteiger partial charge in [-0.1, -0.05) is 13.0 Å². The number of benzene rings is 2. The molecule has 0 bridgehead atoms. The molecule has 0 unspecified atom stereocenters. The minimum absolute atomic E-state index is 0.0413. The average Bonchev–Trinajstić information content (AvgIpc) is 3.01. The maximum atomic E-state index is 13.3. The number of amides is 1. The highest BCUT2D eigenvalue weighted by molar-refractivity contribution is 5.94. The third kappa shape index (κ3) is 4.27. The van der Waals surface area contributed by atoms with Crippen LogP contribution in [0.1, 0.15) is 35.1 Å². The zero-order valence-corrected chi connectivity index (χ0v) is 14.5. The second-order valence-corrected chi connectivity index (χ2v) is 6.15. The monoisotopic (exact) mass is 379 g/mol. The first-order valence-electron chi connectivity index (χ1n) is 8.38. The first-order chi connectivity index (χ1) is 12.8. The number of halogens is 4. The van der Waals surface area contributed by atoms with E-state index in [2.05, 4.69) is 9.97 Å². The molecule has 8 heteroatoms. The highest BCUT2D eigenvalue weighted by atomic mass is 19.4. The van der Waals surface area contributed by atoms with Gasteiger partial charge in [0.15, 0.2) is 0 Å². The number of carbonyl (C=O) groups is 1. The summed E-state index contributed by atoms with van der Waals surface area (Å²) in [6.45, 7) is 2.29. The lowest BCUT2D eigenvalue weighted by Crippen LogP contribution is -2.32. The summed E-state index contributed by atoms with van der Waals surface area (Å²) in [6.07, 6.45) is -3.89. The van der Waals surface area contributed by atoms with Crippen molar-refractivity contribution in [2.24, 2.45) is 0 Å². The van der Waals surface area contributed by atoms with Gasteiger partial charge >= 0.3 is 6.18 Å². The van der Waals surface area contributed by atoms with E-state index in [0.29, 0.717) is 29.8 Å². The number of aromatic amines is 1. The van der Waals surface area contributed by atoms with E-state index in [9.17, 15) is 22.4 Å². The molecular formula is C19H17F4N3O. The van der Waals surface area contributed by atoms with Crippen molar-refractivity contribution in [1.29, 1.82) is 0 Å². The number of imidazole rings is 1. The van der Waals surface area contributed by atoms with Crippen molar-refractivity contribution in [3.05, 3.63) is 65.2 Å². The molecule has 142 valence electrons. The number of hydrogen-bond donors (Lipinski definition) is 1. The summed E-state index contributed by atoms with van der Waals surface area (Å²) >= 11 is 0. The second kappa shape index (κ2) is 7.38. The molecule has 4 nitrogen and oxygen atoms in total. The van der Waals surface area contributed by atoms with Gasteiger partial charge in [-0.3, -0.25) is 4.79 Å². The molecule has 1 heterocycles. The fraction of sp³-hybridized carbons (Fsp3) is 0.263. The number of nitrogens with zero attached hydrogens (tertiary/aromatic N) is 2. The van der Waals surface area contributed by atoms with Crippen LogP contribution in [-0.4, -0.2) is 27.3 Å². The van der Waals surface area contributed by atoms with Crippen molar-refractivity contribution >= 4 is 16.9 Å². The van der Waals surface area contributed by atoms with Gasteiger partial charge in [0.2, 0.25) is 0 Å². The number of hydrogen-bond acceptors (Lipinski definition) is 2.